The van der Waals surface area contributed by atoms with E-state index in [0.717, 1.165) is 17.7 Å². The summed E-state index contributed by atoms with van der Waals surface area (Å²) in [5.74, 6) is -4.72. The van der Waals surface area contributed by atoms with E-state index in [-0.39, 0.29) is 12.2 Å². The Balaban J connectivity index is 1.89. The fraction of sp³-hybridized carbons (Fsp3) is 0.211. The molecule has 1 amide bonds. The highest BCUT2D eigenvalue weighted by atomic mass is 19.1. The van der Waals surface area contributed by atoms with E-state index >= 15 is 0 Å². The van der Waals surface area contributed by atoms with Crippen LogP contribution in [-0.4, -0.2) is 29.0 Å². The van der Waals surface area contributed by atoms with Crippen molar-refractivity contribution in [2.75, 3.05) is 0 Å². The summed E-state index contributed by atoms with van der Waals surface area (Å²) < 4.78 is 31.3. The Labute approximate surface area is 153 Å². The molecule has 2 N–H and O–H groups in total. The van der Waals surface area contributed by atoms with Crippen molar-refractivity contribution in [2.45, 2.75) is 25.5 Å². The molecule has 0 aromatic heterocycles. The van der Waals surface area contributed by atoms with Gasteiger partial charge in [0.05, 0.1) is 12.8 Å². The first kappa shape index (κ1) is 20.0. The molecule has 0 saturated heterocycles. The van der Waals surface area contributed by atoms with Gasteiger partial charge in [0.2, 0.25) is 5.91 Å². The average molecular weight is 377 g/mol. The number of carbonyl (C=O) groups is 3. The van der Waals surface area contributed by atoms with Crippen molar-refractivity contribution in [1.82, 2.24) is 5.32 Å². The van der Waals surface area contributed by atoms with Crippen LogP contribution in [0.25, 0.3) is 0 Å². The lowest BCUT2D eigenvalue weighted by molar-refractivity contribution is -0.151. The van der Waals surface area contributed by atoms with Crippen LogP contribution in [0.3, 0.4) is 0 Å². The van der Waals surface area contributed by atoms with E-state index in [4.69, 9.17) is 9.84 Å². The zero-order chi connectivity index (χ0) is 19.8. The van der Waals surface area contributed by atoms with Crippen molar-refractivity contribution >= 4 is 17.8 Å². The Morgan fingerprint density at radius 3 is 2.22 bits per heavy atom. The van der Waals surface area contributed by atoms with Crippen LogP contribution < -0.4 is 5.32 Å². The SMILES string of the molecule is O=C(Cc1cc(F)cc(F)c1)N[C@H](CC(=O)OCc1ccccc1)C(=O)O. The highest BCUT2D eigenvalue weighted by molar-refractivity contribution is 5.88. The molecule has 0 aliphatic rings. The summed E-state index contributed by atoms with van der Waals surface area (Å²) in [7, 11) is 0. The first-order valence-electron chi connectivity index (χ1n) is 8.00. The number of rotatable bonds is 8. The second kappa shape index (κ2) is 9.42. The van der Waals surface area contributed by atoms with Crippen molar-refractivity contribution < 1.29 is 33.0 Å². The molecule has 8 heteroatoms. The van der Waals surface area contributed by atoms with Crippen molar-refractivity contribution in [1.29, 1.82) is 0 Å². The molecule has 0 spiro atoms. The molecule has 0 aliphatic heterocycles. The molecule has 0 saturated carbocycles. The maximum Gasteiger partial charge on any atom is 0.326 e. The Hall–Kier alpha value is -3.29. The van der Waals surface area contributed by atoms with Crippen molar-refractivity contribution in [2.24, 2.45) is 0 Å². The number of benzene rings is 2. The van der Waals surface area contributed by atoms with Gasteiger partial charge in [-0.05, 0) is 23.3 Å². The van der Waals surface area contributed by atoms with Gasteiger partial charge in [0, 0.05) is 6.07 Å². The lowest BCUT2D eigenvalue weighted by atomic mass is 10.1. The van der Waals surface area contributed by atoms with Crippen LogP contribution >= 0.6 is 0 Å². The van der Waals surface area contributed by atoms with Crippen LogP contribution in [0.5, 0.6) is 0 Å². The standard InChI is InChI=1S/C19H17F2NO5/c20-14-6-13(7-15(21)9-14)8-17(23)22-16(19(25)26)10-18(24)27-11-12-4-2-1-3-5-12/h1-7,9,16H,8,10-11H2,(H,22,23)(H,25,26)/t16-/m1/s1. The first-order chi connectivity index (χ1) is 12.8. The van der Waals surface area contributed by atoms with Gasteiger partial charge in [-0.25, -0.2) is 13.6 Å². The summed E-state index contributed by atoms with van der Waals surface area (Å²) >= 11 is 0. The summed E-state index contributed by atoms with van der Waals surface area (Å²) in [5, 5.41) is 11.3. The third kappa shape index (κ3) is 6.85. The zero-order valence-corrected chi connectivity index (χ0v) is 14.2. The van der Waals surface area contributed by atoms with Crippen LogP contribution in [0.1, 0.15) is 17.5 Å². The number of halogens is 2. The van der Waals surface area contributed by atoms with Gasteiger partial charge >= 0.3 is 11.9 Å². The molecule has 0 unspecified atom stereocenters. The van der Waals surface area contributed by atoms with E-state index in [1.54, 1.807) is 30.3 Å². The molecule has 142 valence electrons. The van der Waals surface area contributed by atoms with E-state index in [1.165, 1.54) is 0 Å². The lowest BCUT2D eigenvalue weighted by Gasteiger charge is -2.14. The van der Waals surface area contributed by atoms with Gasteiger partial charge in [-0.15, -0.1) is 0 Å². The molecule has 0 bridgehead atoms. The molecule has 6 nitrogen and oxygen atoms in total. The lowest BCUT2D eigenvalue weighted by Crippen LogP contribution is -2.43. The number of esters is 1. The van der Waals surface area contributed by atoms with Gasteiger partial charge in [-0.3, -0.25) is 9.59 Å². The summed E-state index contributed by atoms with van der Waals surface area (Å²) in [6.07, 6.45) is -1.01. The van der Waals surface area contributed by atoms with E-state index in [2.05, 4.69) is 5.32 Å². The molecule has 27 heavy (non-hydrogen) atoms. The maximum atomic E-state index is 13.1. The minimum Gasteiger partial charge on any atom is -0.480 e. The highest BCUT2D eigenvalue weighted by Crippen LogP contribution is 2.09. The van der Waals surface area contributed by atoms with Gasteiger partial charge in [0.25, 0.3) is 0 Å². The summed E-state index contributed by atoms with van der Waals surface area (Å²) in [5.41, 5.74) is 0.774. The summed E-state index contributed by atoms with van der Waals surface area (Å²) in [4.78, 5) is 35.0. The largest absolute Gasteiger partial charge is 0.480 e. The number of carbonyl (C=O) groups excluding carboxylic acids is 2. The molecule has 1 atom stereocenters. The Morgan fingerprint density at radius 1 is 1.00 bits per heavy atom. The molecule has 0 radical (unpaired) electrons. The number of nitrogens with one attached hydrogen (secondary N) is 1. The fourth-order valence-electron chi connectivity index (χ4n) is 2.31. The molecule has 2 aromatic rings. The van der Waals surface area contributed by atoms with Gasteiger partial charge in [0.1, 0.15) is 24.3 Å². The third-order valence-electron chi connectivity index (χ3n) is 3.53. The number of ether oxygens (including phenoxy) is 1. The zero-order valence-electron chi connectivity index (χ0n) is 14.2. The molecule has 0 heterocycles. The minimum atomic E-state index is -1.51. The van der Waals surface area contributed by atoms with Crippen molar-refractivity contribution in [3.05, 3.63) is 71.3 Å². The van der Waals surface area contributed by atoms with Crippen LogP contribution in [0, 0.1) is 11.6 Å². The first-order valence-corrected chi connectivity index (χ1v) is 8.00. The van der Waals surface area contributed by atoms with E-state index in [0.29, 0.717) is 6.07 Å². The van der Waals surface area contributed by atoms with E-state index in [9.17, 15) is 23.2 Å². The molecular formula is C19H17F2NO5. The molecule has 2 rings (SSSR count). The molecule has 2 aromatic carbocycles. The smallest absolute Gasteiger partial charge is 0.326 e. The number of carboxylic acids is 1. The monoisotopic (exact) mass is 377 g/mol. The molecule has 0 fully saturated rings. The third-order valence-corrected chi connectivity index (χ3v) is 3.53. The second-order valence-electron chi connectivity index (χ2n) is 5.76. The predicted molar refractivity (Wildman–Crippen MR) is 90.5 cm³/mol. The minimum absolute atomic E-state index is 0.0253. The average Bonchev–Trinajstić information content (AvgIpc) is 2.59. The Morgan fingerprint density at radius 2 is 1.63 bits per heavy atom. The van der Waals surface area contributed by atoms with Crippen LogP contribution in [0.4, 0.5) is 8.78 Å². The second-order valence-corrected chi connectivity index (χ2v) is 5.76. The fourth-order valence-corrected chi connectivity index (χ4v) is 2.31. The topological polar surface area (TPSA) is 92.7 Å². The number of hydrogen-bond acceptors (Lipinski definition) is 4. The van der Waals surface area contributed by atoms with Gasteiger partial charge in [0.15, 0.2) is 0 Å². The highest BCUT2D eigenvalue weighted by Gasteiger charge is 2.24. The summed E-state index contributed by atoms with van der Waals surface area (Å²) in [6, 6.07) is 9.87. The van der Waals surface area contributed by atoms with Gasteiger partial charge in [-0.2, -0.15) is 0 Å². The van der Waals surface area contributed by atoms with Gasteiger partial charge < -0.3 is 15.2 Å². The Kier molecular flexibility index (Phi) is 6.99. The normalized spacial score (nSPS) is 11.5. The number of hydrogen-bond donors (Lipinski definition) is 2. The molecule has 0 aliphatic carbocycles. The van der Waals surface area contributed by atoms with Crippen LogP contribution in [0.2, 0.25) is 0 Å². The van der Waals surface area contributed by atoms with Crippen molar-refractivity contribution in [3.63, 3.8) is 0 Å². The number of aliphatic carboxylic acids is 1. The van der Waals surface area contributed by atoms with Crippen LogP contribution in [0.15, 0.2) is 48.5 Å². The molecular weight excluding hydrogens is 360 g/mol. The number of amides is 1. The van der Waals surface area contributed by atoms with Crippen molar-refractivity contribution in [3.8, 4) is 0 Å². The maximum absolute atomic E-state index is 13.1. The quantitative estimate of drug-likeness (QED) is 0.688. The van der Waals surface area contributed by atoms with E-state index < -0.39 is 48.4 Å². The van der Waals surface area contributed by atoms with Crippen LogP contribution in [-0.2, 0) is 32.1 Å². The van der Waals surface area contributed by atoms with Gasteiger partial charge in [-0.1, -0.05) is 30.3 Å². The van der Waals surface area contributed by atoms with E-state index in [1.807, 2.05) is 0 Å². The Bertz CT molecular complexity index is 806. The summed E-state index contributed by atoms with van der Waals surface area (Å²) in [6.45, 7) is -0.0253. The number of carboxylic acid groups (broad SMARTS) is 1. The predicted octanol–water partition coefficient (Wildman–Crippen LogP) is 2.21.